The van der Waals surface area contributed by atoms with Gasteiger partial charge in [0, 0.05) is 42.8 Å². The van der Waals surface area contributed by atoms with Gasteiger partial charge in [-0.25, -0.2) is 0 Å². The quantitative estimate of drug-likeness (QED) is 0.201. The summed E-state index contributed by atoms with van der Waals surface area (Å²) in [7, 11) is 1.79. The van der Waals surface area contributed by atoms with Crippen LogP contribution in [0.25, 0.3) is 21.9 Å². The molecule has 1 unspecified atom stereocenters. The number of aryl methyl sites for hydroxylation is 1. The summed E-state index contributed by atoms with van der Waals surface area (Å²) in [5.41, 5.74) is 2.96. The SMILES string of the molecule is CCCCC(Oc1ccc2c(ccc(=O)n2C)c1)N(CCc1cccnc1)Cc1cc2ccccc2o1. The Labute approximate surface area is 217 Å². The zero-order chi connectivity index (χ0) is 25.6. The van der Waals surface area contributed by atoms with E-state index in [-0.39, 0.29) is 11.8 Å². The molecule has 5 rings (SSSR count). The van der Waals surface area contributed by atoms with Crippen molar-refractivity contribution in [1.82, 2.24) is 14.5 Å². The van der Waals surface area contributed by atoms with Gasteiger partial charge in [0.1, 0.15) is 17.1 Å². The fraction of sp³-hybridized carbons (Fsp3) is 0.290. The smallest absolute Gasteiger partial charge is 0.250 e. The predicted octanol–water partition coefficient (Wildman–Crippen LogP) is 6.32. The molecule has 3 aromatic heterocycles. The second-order valence-electron chi connectivity index (χ2n) is 9.50. The van der Waals surface area contributed by atoms with Gasteiger partial charge in [0.2, 0.25) is 0 Å². The van der Waals surface area contributed by atoms with Gasteiger partial charge in [-0.1, -0.05) is 37.6 Å². The number of hydrogen-bond acceptors (Lipinski definition) is 5. The van der Waals surface area contributed by atoms with Gasteiger partial charge in [-0.2, -0.15) is 0 Å². The van der Waals surface area contributed by atoms with Gasteiger partial charge in [0.25, 0.3) is 5.56 Å². The van der Waals surface area contributed by atoms with E-state index < -0.39 is 0 Å². The molecule has 0 radical (unpaired) electrons. The number of benzene rings is 2. The lowest BCUT2D eigenvalue weighted by Crippen LogP contribution is -2.40. The molecule has 0 bridgehead atoms. The van der Waals surface area contributed by atoms with Crippen molar-refractivity contribution in [1.29, 1.82) is 0 Å². The van der Waals surface area contributed by atoms with E-state index in [1.165, 1.54) is 5.56 Å². The highest BCUT2D eigenvalue weighted by atomic mass is 16.5. The number of aromatic nitrogens is 2. The summed E-state index contributed by atoms with van der Waals surface area (Å²) in [6.45, 7) is 3.65. The Morgan fingerprint density at radius 2 is 1.92 bits per heavy atom. The highest BCUT2D eigenvalue weighted by Gasteiger charge is 2.22. The van der Waals surface area contributed by atoms with Crippen LogP contribution in [0.3, 0.4) is 0 Å². The van der Waals surface area contributed by atoms with Crippen LogP contribution < -0.4 is 10.3 Å². The van der Waals surface area contributed by atoms with Gasteiger partial charge in [-0.05, 0) is 67.3 Å². The molecule has 0 saturated heterocycles. The number of furan rings is 1. The molecule has 6 nitrogen and oxygen atoms in total. The maximum absolute atomic E-state index is 12.0. The van der Waals surface area contributed by atoms with Crippen molar-refractivity contribution in [2.24, 2.45) is 7.05 Å². The number of pyridine rings is 2. The van der Waals surface area contributed by atoms with Crippen molar-refractivity contribution in [2.45, 2.75) is 45.4 Å². The molecule has 0 N–H and O–H groups in total. The zero-order valence-corrected chi connectivity index (χ0v) is 21.5. The van der Waals surface area contributed by atoms with Crippen LogP contribution in [0, 0.1) is 0 Å². The summed E-state index contributed by atoms with van der Waals surface area (Å²) < 4.78 is 14.5. The van der Waals surface area contributed by atoms with Crippen molar-refractivity contribution >= 4 is 21.9 Å². The third-order valence-corrected chi connectivity index (χ3v) is 6.83. The number of unbranched alkanes of at least 4 members (excludes halogenated alkanes) is 1. The molecule has 0 aliphatic carbocycles. The largest absolute Gasteiger partial charge is 0.475 e. The predicted molar refractivity (Wildman–Crippen MR) is 148 cm³/mol. The first-order valence-corrected chi connectivity index (χ1v) is 13.0. The molecule has 3 heterocycles. The van der Waals surface area contributed by atoms with E-state index in [0.717, 1.165) is 65.6 Å². The van der Waals surface area contributed by atoms with E-state index in [9.17, 15) is 4.79 Å². The molecule has 0 amide bonds. The third kappa shape index (κ3) is 5.92. The summed E-state index contributed by atoms with van der Waals surface area (Å²) in [6, 6.07) is 23.7. The van der Waals surface area contributed by atoms with Crippen LogP contribution in [0.5, 0.6) is 5.75 Å². The first-order chi connectivity index (χ1) is 18.1. The molecule has 190 valence electrons. The Hall–Kier alpha value is -3.90. The second-order valence-corrected chi connectivity index (χ2v) is 9.50. The van der Waals surface area contributed by atoms with Crippen molar-refractivity contribution in [3.8, 4) is 5.75 Å². The average molecular weight is 496 g/mol. The van der Waals surface area contributed by atoms with Crippen LogP contribution in [-0.2, 0) is 20.0 Å². The normalized spacial score (nSPS) is 12.4. The lowest BCUT2D eigenvalue weighted by atomic mass is 10.1. The van der Waals surface area contributed by atoms with Crippen LogP contribution in [-0.4, -0.2) is 27.2 Å². The monoisotopic (exact) mass is 495 g/mol. The van der Waals surface area contributed by atoms with Crippen molar-refractivity contribution in [3.05, 3.63) is 107 Å². The molecule has 37 heavy (non-hydrogen) atoms. The summed E-state index contributed by atoms with van der Waals surface area (Å²) in [4.78, 5) is 18.7. The summed E-state index contributed by atoms with van der Waals surface area (Å²) in [5.74, 6) is 1.72. The lowest BCUT2D eigenvalue weighted by molar-refractivity contribution is 0.00798. The van der Waals surface area contributed by atoms with Gasteiger partial charge in [-0.3, -0.25) is 14.7 Å². The Kier molecular flexibility index (Phi) is 7.66. The van der Waals surface area contributed by atoms with Gasteiger partial charge < -0.3 is 13.7 Å². The average Bonchev–Trinajstić information content (AvgIpc) is 3.34. The Morgan fingerprint density at radius 1 is 1.03 bits per heavy atom. The van der Waals surface area contributed by atoms with Gasteiger partial charge in [-0.15, -0.1) is 0 Å². The van der Waals surface area contributed by atoms with Gasteiger partial charge in [0.15, 0.2) is 6.23 Å². The standard InChI is InChI=1S/C31H33N3O3/c1-3-4-11-31(37-26-13-14-28-24(19-26)12-15-30(35)33(28)2)34(18-16-23-8-7-17-32-21-23)22-27-20-25-9-5-6-10-29(25)36-27/h5-10,12-15,17,19-21,31H,3-4,11,16,18,22H2,1-2H3. The number of rotatable bonds is 11. The van der Waals surface area contributed by atoms with Gasteiger partial charge in [0.05, 0.1) is 12.1 Å². The third-order valence-electron chi connectivity index (χ3n) is 6.83. The van der Waals surface area contributed by atoms with E-state index >= 15 is 0 Å². The highest BCUT2D eigenvalue weighted by molar-refractivity contribution is 5.80. The molecule has 6 heteroatoms. The van der Waals surface area contributed by atoms with E-state index in [2.05, 4.69) is 35.0 Å². The second kappa shape index (κ2) is 11.4. The van der Waals surface area contributed by atoms with Crippen molar-refractivity contribution in [2.75, 3.05) is 6.54 Å². The zero-order valence-electron chi connectivity index (χ0n) is 21.5. The first kappa shape index (κ1) is 24.8. The maximum Gasteiger partial charge on any atom is 0.250 e. The minimum absolute atomic E-state index is 0.0191. The molecular weight excluding hydrogens is 462 g/mol. The number of nitrogens with zero attached hydrogens (tertiary/aromatic N) is 3. The highest BCUT2D eigenvalue weighted by Crippen LogP contribution is 2.26. The minimum Gasteiger partial charge on any atom is -0.475 e. The first-order valence-electron chi connectivity index (χ1n) is 13.0. The summed E-state index contributed by atoms with van der Waals surface area (Å²) in [6.07, 6.45) is 7.49. The van der Waals surface area contributed by atoms with Crippen LogP contribution in [0.2, 0.25) is 0 Å². The lowest BCUT2D eigenvalue weighted by Gasteiger charge is -2.31. The minimum atomic E-state index is -0.130. The van der Waals surface area contributed by atoms with E-state index in [1.807, 2.05) is 54.7 Å². The molecule has 1 atom stereocenters. The number of para-hydroxylation sites is 1. The molecule has 5 aromatic rings. The topological polar surface area (TPSA) is 60.5 Å². The van der Waals surface area contributed by atoms with Crippen LogP contribution >= 0.6 is 0 Å². The van der Waals surface area contributed by atoms with Crippen LogP contribution in [0.15, 0.2) is 94.4 Å². The van der Waals surface area contributed by atoms with E-state index in [4.69, 9.17) is 9.15 Å². The van der Waals surface area contributed by atoms with Gasteiger partial charge >= 0.3 is 0 Å². The Bertz CT molecular complexity index is 1490. The Balaban J connectivity index is 1.44. The molecule has 2 aromatic carbocycles. The summed E-state index contributed by atoms with van der Waals surface area (Å²) >= 11 is 0. The summed E-state index contributed by atoms with van der Waals surface area (Å²) in [5, 5.41) is 2.09. The van der Waals surface area contributed by atoms with E-state index in [1.54, 1.807) is 23.9 Å². The Morgan fingerprint density at radius 3 is 2.73 bits per heavy atom. The molecular formula is C31H33N3O3. The van der Waals surface area contributed by atoms with Crippen molar-refractivity contribution in [3.63, 3.8) is 0 Å². The number of ether oxygens (including phenoxy) is 1. The van der Waals surface area contributed by atoms with E-state index in [0.29, 0.717) is 6.54 Å². The molecule has 0 aliphatic rings. The van der Waals surface area contributed by atoms with Crippen LogP contribution in [0.4, 0.5) is 0 Å². The number of fused-ring (bicyclic) bond motifs is 2. The molecule has 0 aliphatic heterocycles. The molecule has 0 saturated carbocycles. The maximum atomic E-state index is 12.0. The molecule has 0 fully saturated rings. The number of hydrogen-bond donors (Lipinski definition) is 0. The van der Waals surface area contributed by atoms with Crippen LogP contribution in [0.1, 0.15) is 37.5 Å². The molecule has 0 spiro atoms. The fourth-order valence-electron chi connectivity index (χ4n) is 4.75. The van der Waals surface area contributed by atoms with Crippen molar-refractivity contribution < 1.29 is 9.15 Å². The fourth-order valence-corrected chi connectivity index (χ4v) is 4.75.